The first-order valence-corrected chi connectivity index (χ1v) is 7.05. The summed E-state index contributed by atoms with van der Waals surface area (Å²) >= 11 is 0.227. The van der Waals surface area contributed by atoms with E-state index in [1.165, 1.54) is 5.69 Å². The van der Waals surface area contributed by atoms with Crippen LogP contribution in [0.3, 0.4) is 0 Å². The van der Waals surface area contributed by atoms with E-state index in [1.807, 2.05) is 18.3 Å². The molecule has 0 fully saturated rings. The fourth-order valence-corrected chi connectivity index (χ4v) is 2.94. The van der Waals surface area contributed by atoms with Crippen molar-refractivity contribution in [3.63, 3.8) is 0 Å². The summed E-state index contributed by atoms with van der Waals surface area (Å²) < 4.78 is 0. The molecule has 0 spiro atoms. The molecular weight excluding hydrogens is 241 g/mol. The molecule has 0 aliphatic heterocycles. The van der Waals surface area contributed by atoms with Crippen LogP contribution in [0, 0.1) is 0 Å². The second kappa shape index (κ2) is 6.61. The third-order valence-corrected chi connectivity index (χ3v) is 3.95. The van der Waals surface area contributed by atoms with Gasteiger partial charge in [-0.05, 0) is 0 Å². The van der Waals surface area contributed by atoms with Crippen LogP contribution in [0.4, 0.5) is 0 Å². The van der Waals surface area contributed by atoms with Gasteiger partial charge in [0.1, 0.15) is 0 Å². The zero-order chi connectivity index (χ0) is 10.2. The van der Waals surface area contributed by atoms with Gasteiger partial charge in [-0.25, -0.2) is 0 Å². The molecule has 1 aromatic rings. The SMILES string of the molecule is O=C(O)CCCC/[As]=C/c1ccc[nH]1. The van der Waals surface area contributed by atoms with Crippen LogP contribution in [0.5, 0.6) is 0 Å². The Morgan fingerprint density at radius 3 is 3.07 bits per heavy atom. The number of aromatic amines is 1. The van der Waals surface area contributed by atoms with Crippen molar-refractivity contribution in [2.75, 3.05) is 0 Å². The quantitative estimate of drug-likeness (QED) is 0.598. The number of aliphatic carboxylic acids is 1. The average Bonchev–Trinajstić information content (AvgIpc) is 2.63. The molecule has 1 aromatic heterocycles. The third kappa shape index (κ3) is 5.03. The second-order valence-corrected chi connectivity index (χ2v) is 5.26. The second-order valence-electron chi connectivity index (χ2n) is 3.01. The molecule has 14 heavy (non-hydrogen) atoms. The minimum atomic E-state index is -0.686. The van der Waals surface area contributed by atoms with Crippen molar-refractivity contribution >= 4 is 26.1 Å². The number of unbranched alkanes of at least 4 members (excludes halogenated alkanes) is 1. The van der Waals surface area contributed by atoms with E-state index in [4.69, 9.17) is 5.11 Å². The molecule has 1 heterocycles. The van der Waals surface area contributed by atoms with Gasteiger partial charge in [0.2, 0.25) is 0 Å². The van der Waals surface area contributed by atoms with Crippen molar-refractivity contribution in [3.8, 4) is 0 Å². The van der Waals surface area contributed by atoms with Gasteiger partial charge in [0.05, 0.1) is 0 Å². The molecule has 1 rings (SSSR count). The van der Waals surface area contributed by atoms with Crippen LogP contribution in [0.1, 0.15) is 25.0 Å². The van der Waals surface area contributed by atoms with E-state index in [1.54, 1.807) is 0 Å². The minimum absolute atomic E-state index is 0.227. The molecule has 4 heteroatoms. The Morgan fingerprint density at radius 2 is 2.43 bits per heavy atom. The van der Waals surface area contributed by atoms with Crippen molar-refractivity contribution < 1.29 is 9.90 Å². The summed E-state index contributed by atoms with van der Waals surface area (Å²) in [6.07, 6.45) is 4.06. The summed E-state index contributed by atoms with van der Waals surface area (Å²) in [5.74, 6) is -0.686. The molecule has 76 valence electrons. The molecule has 0 saturated heterocycles. The predicted molar refractivity (Wildman–Crippen MR) is 58.0 cm³/mol. The first kappa shape index (κ1) is 11.3. The van der Waals surface area contributed by atoms with Crippen molar-refractivity contribution in [2.45, 2.75) is 24.5 Å². The van der Waals surface area contributed by atoms with Crippen molar-refractivity contribution in [3.05, 3.63) is 24.0 Å². The Balaban J connectivity index is 2.07. The number of carbonyl (C=O) groups is 1. The van der Waals surface area contributed by atoms with E-state index in [9.17, 15) is 4.79 Å². The van der Waals surface area contributed by atoms with Crippen molar-refractivity contribution in [1.82, 2.24) is 4.98 Å². The van der Waals surface area contributed by atoms with Gasteiger partial charge in [0.15, 0.2) is 0 Å². The molecule has 0 atom stereocenters. The van der Waals surface area contributed by atoms with Crippen LogP contribution < -0.4 is 0 Å². The van der Waals surface area contributed by atoms with Gasteiger partial charge in [-0.2, -0.15) is 0 Å². The number of hydrogen-bond donors (Lipinski definition) is 2. The maximum absolute atomic E-state index is 10.2. The Morgan fingerprint density at radius 1 is 1.57 bits per heavy atom. The van der Waals surface area contributed by atoms with Gasteiger partial charge in [0.25, 0.3) is 0 Å². The first-order valence-electron chi connectivity index (χ1n) is 4.64. The Labute approximate surface area is 89.8 Å². The van der Waals surface area contributed by atoms with E-state index >= 15 is 0 Å². The Bertz CT molecular complexity index is 293. The fourth-order valence-electron chi connectivity index (χ4n) is 1.07. The monoisotopic (exact) mass is 255 g/mol. The van der Waals surface area contributed by atoms with Gasteiger partial charge >= 0.3 is 89.5 Å². The van der Waals surface area contributed by atoms with E-state index in [-0.39, 0.29) is 15.3 Å². The summed E-state index contributed by atoms with van der Waals surface area (Å²) in [7, 11) is 0. The number of H-pyrrole nitrogens is 1. The molecule has 2 N–H and O–H groups in total. The summed E-state index contributed by atoms with van der Waals surface area (Å²) in [6, 6.07) is 4.03. The van der Waals surface area contributed by atoms with Gasteiger partial charge in [-0.15, -0.1) is 0 Å². The third-order valence-electron chi connectivity index (χ3n) is 1.78. The molecule has 0 radical (unpaired) electrons. The standard InChI is InChI=1S/C10H14AsNO2/c13-10(14)5-1-2-6-11-8-9-4-3-7-12-9/h3-4,7-8,12H,1-2,5-6H2,(H,13,14). The molecule has 0 unspecified atom stereocenters. The maximum atomic E-state index is 10.2. The first-order chi connectivity index (χ1) is 6.79. The van der Waals surface area contributed by atoms with Crippen LogP contribution in [0.15, 0.2) is 18.3 Å². The van der Waals surface area contributed by atoms with Gasteiger partial charge in [0, 0.05) is 0 Å². The van der Waals surface area contributed by atoms with E-state index in [0.717, 1.165) is 18.1 Å². The zero-order valence-electron chi connectivity index (χ0n) is 7.94. The van der Waals surface area contributed by atoms with Crippen LogP contribution in [-0.4, -0.2) is 36.2 Å². The zero-order valence-corrected chi connectivity index (χ0v) is 9.82. The van der Waals surface area contributed by atoms with E-state index < -0.39 is 5.97 Å². The summed E-state index contributed by atoms with van der Waals surface area (Å²) in [5, 5.41) is 9.57. The average molecular weight is 255 g/mol. The van der Waals surface area contributed by atoms with Gasteiger partial charge in [-0.1, -0.05) is 0 Å². The molecule has 3 nitrogen and oxygen atoms in total. The normalized spacial score (nSPS) is 10.9. The van der Waals surface area contributed by atoms with Crippen molar-refractivity contribution in [2.24, 2.45) is 0 Å². The van der Waals surface area contributed by atoms with Crippen LogP contribution in [-0.2, 0) is 4.79 Å². The summed E-state index contributed by atoms with van der Waals surface area (Å²) in [5.41, 5.74) is 1.18. The summed E-state index contributed by atoms with van der Waals surface area (Å²) in [4.78, 5) is 15.6. The molecule has 0 aromatic carbocycles. The topological polar surface area (TPSA) is 53.1 Å². The van der Waals surface area contributed by atoms with Gasteiger partial charge in [-0.3, -0.25) is 0 Å². The Kier molecular flexibility index (Phi) is 5.31. The Hall–Kier alpha value is -0.822. The van der Waals surface area contributed by atoms with Crippen LogP contribution in [0.25, 0.3) is 0 Å². The number of rotatable bonds is 6. The van der Waals surface area contributed by atoms with Gasteiger partial charge < -0.3 is 0 Å². The van der Waals surface area contributed by atoms with E-state index in [2.05, 4.69) is 9.79 Å². The number of hydrogen-bond acceptors (Lipinski definition) is 1. The number of aromatic nitrogens is 1. The fraction of sp³-hybridized carbons (Fsp3) is 0.400. The predicted octanol–water partition coefficient (Wildman–Crippen LogP) is 1.54. The summed E-state index contributed by atoms with van der Waals surface area (Å²) in [6.45, 7) is 0. The van der Waals surface area contributed by atoms with Crippen molar-refractivity contribution in [1.29, 1.82) is 0 Å². The molecule has 0 saturated carbocycles. The van der Waals surface area contributed by atoms with Crippen LogP contribution >= 0.6 is 0 Å². The molecule has 0 aliphatic carbocycles. The molecular formula is C10H14AsNO2. The molecule has 0 aliphatic rings. The molecule has 0 bridgehead atoms. The number of carboxylic acid groups (broad SMARTS) is 1. The number of carboxylic acids is 1. The number of nitrogens with one attached hydrogen (secondary N) is 1. The van der Waals surface area contributed by atoms with E-state index in [0.29, 0.717) is 6.42 Å². The molecule has 0 amide bonds. The van der Waals surface area contributed by atoms with Crippen LogP contribution in [0.2, 0.25) is 5.21 Å².